The maximum Gasteiger partial charge on any atom is 0.331 e. The van der Waals surface area contributed by atoms with Crippen LogP contribution in [0.15, 0.2) is 47.3 Å². The van der Waals surface area contributed by atoms with Crippen LogP contribution < -0.4 is 11.4 Å². The van der Waals surface area contributed by atoms with Crippen LogP contribution in [0.2, 0.25) is 0 Å². The first kappa shape index (κ1) is 10.5. The van der Waals surface area contributed by atoms with Gasteiger partial charge < -0.3 is 15.8 Å². The highest BCUT2D eigenvalue weighted by Gasteiger charge is 2.08. The summed E-state index contributed by atoms with van der Waals surface area (Å²) in [7, 11) is 0. The fraction of sp³-hybridized carbons (Fsp3) is 0. The Morgan fingerprint density at radius 2 is 1.83 bits per heavy atom. The van der Waals surface area contributed by atoms with E-state index in [4.69, 9.17) is 5.73 Å². The molecule has 0 aliphatic heterocycles. The number of anilines is 1. The van der Waals surface area contributed by atoms with Crippen molar-refractivity contribution in [2.75, 3.05) is 5.73 Å². The van der Waals surface area contributed by atoms with Gasteiger partial charge in [0.1, 0.15) is 5.75 Å². The standard InChI is InChI=1S/C13H11N3O2/c14-8-1-6-11-12(7-8)16(13(18)15-11)9-2-4-10(17)5-3-9/h1-7,17H,14H2,(H,15,18). The van der Waals surface area contributed by atoms with E-state index in [0.717, 1.165) is 5.52 Å². The lowest BCUT2D eigenvalue weighted by Crippen LogP contribution is -2.14. The number of phenolic OH excluding ortho intramolecular Hbond substituents is 1. The summed E-state index contributed by atoms with van der Waals surface area (Å²) in [6.45, 7) is 0. The molecule has 0 aliphatic carbocycles. The van der Waals surface area contributed by atoms with Crippen molar-refractivity contribution >= 4 is 16.7 Å². The monoisotopic (exact) mass is 241 g/mol. The molecule has 90 valence electrons. The number of rotatable bonds is 1. The lowest BCUT2D eigenvalue weighted by atomic mass is 10.2. The van der Waals surface area contributed by atoms with Crippen LogP contribution in [-0.2, 0) is 0 Å². The number of nitrogens with one attached hydrogen (secondary N) is 1. The Morgan fingerprint density at radius 3 is 2.56 bits per heavy atom. The smallest absolute Gasteiger partial charge is 0.331 e. The van der Waals surface area contributed by atoms with Gasteiger partial charge in [0.15, 0.2) is 0 Å². The van der Waals surface area contributed by atoms with E-state index in [9.17, 15) is 9.90 Å². The minimum atomic E-state index is -0.235. The van der Waals surface area contributed by atoms with Crippen LogP contribution >= 0.6 is 0 Å². The van der Waals surface area contributed by atoms with Gasteiger partial charge in [0, 0.05) is 5.69 Å². The molecule has 4 N–H and O–H groups in total. The molecule has 5 heteroatoms. The Bertz CT molecular complexity index is 769. The number of benzene rings is 2. The first-order chi connectivity index (χ1) is 8.65. The van der Waals surface area contributed by atoms with E-state index < -0.39 is 0 Å². The van der Waals surface area contributed by atoms with Crippen molar-refractivity contribution in [2.24, 2.45) is 0 Å². The molecule has 0 bridgehead atoms. The molecule has 0 aliphatic rings. The zero-order valence-electron chi connectivity index (χ0n) is 9.42. The number of nitrogen functional groups attached to an aromatic ring is 1. The van der Waals surface area contributed by atoms with Crippen LogP contribution in [0.3, 0.4) is 0 Å². The number of aromatic hydroxyl groups is 1. The third-order valence-electron chi connectivity index (χ3n) is 2.82. The molecule has 0 atom stereocenters. The summed E-state index contributed by atoms with van der Waals surface area (Å²) < 4.78 is 1.52. The van der Waals surface area contributed by atoms with Crippen molar-refractivity contribution in [1.82, 2.24) is 9.55 Å². The van der Waals surface area contributed by atoms with Gasteiger partial charge in [-0.2, -0.15) is 0 Å². The molecular weight excluding hydrogens is 230 g/mol. The zero-order chi connectivity index (χ0) is 12.7. The SMILES string of the molecule is Nc1ccc2[nH]c(=O)n(-c3ccc(O)cc3)c2c1. The molecule has 0 unspecified atom stereocenters. The largest absolute Gasteiger partial charge is 0.508 e. The molecule has 3 rings (SSSR count). The van der Waals surface area contributed by atoms with Crippen molar-refractivity contribution in [2.45, 2.75) is 0 Å². The van der Waals surface area contributed by atoms with Crippen LogP contribution in [-0.4, -0.2) is 14.7 Å². The average Bonchev–Trinajstić information content (AvgIpc) is 2.66. The summed E-state index contributed by atoms with van der Waals surface area (Å²) >= 11 is 0. The molecule has 2 aromatic carbocycles. The molecule has 18 heavy (non-hydrogen) atoms. The lowest BCUT2D eigenvalue weighted by Gasteiger charge is -2.03. The van der Waals surface area contributed by atoms with Gasteiger partial charge in [-0.05, 0) is 42.5 Å². The van der Waals surface area contributed by atoms with Gasteiger partial charge in [-0.15, -0.1) is 0 Å². The summed E-state index contributed by atoms with van der Waals surface area (Å²) in [5, 5.41) is 9.27. The normalized spacial score (nSPS) is 10.9. The topological polar surface area (TPSA) is 84.0 Å². The average molecular weight is 241 g/mol. The molecular formula is C13H11N3O2. The molecule has 0 fully saturated rings. The number of fused-ring (bicyclic) bond motifs is 1. The summed E-state index contributed by atoms with van der Waals surface area (Å²) in [4.78, 5) is 14.7. The van der Waals surface area contributed by atoms with Gasteiger partial charge in [0.05, 0.1) is 16.7 Å². The maximum absolute atomic E-state index is 11.9. The Hall–Kier alpha value is -2.69. The zero-order valence-corrected chi connectivity index (χ0v) is 9.42. The predicted octanol–water partition coefficient (Wildman–Crippen LogP) is 1.61. The molecule has 1 heterocycles. The van der Waals surface area contributed by atoms with Crippen molar-refractivity contribution in [1.29, 1.82) is 0 Å². The van der Waals surface area contributed by atoms with E-state index in [2.05, 4.69) is 4.98 Å². The van der Waals surface area contributed by atoms with Crippen LogP contribution in [0.25, 0.3) is 16.7 Å². The van der Waals surface area contributed by atoms with Gasteiger partial charge in [-0.3, -0.25) is 4.57 Å². The second-order valence-electron chi connectivity index (χ2n) is 4.06. The summed E-state index contributed by atoms with van der Waals surface area (Å²) in [6, 6.07) is 11.7. The maximum atomic E-state index is 11.9. The Balaban J connectivity index is 2.34. The highest BCUT2D eigenvalue weighted by molar-refractivity contribution is 5.80. The first-order valence-electron chi connectivity index (χ1n) is 5.45. The van der Waals surface area contributed by atoms with Gasteiger partial charge >= 0.3 is 5.69 Å². The van der Waals surface area contributed by atoms with E-state index in [-0.39, 0.29) is 11.4 Å². The van der Waals surface area contributed by atoms with Crippen LogP contribution in [0.1, 0.15) is 0 Å². The highest BCUT2D eigenvalue weighted by Crippen LogP contribution is 2.19. The Morgan fingerprint density at radius 1 is 1.11 bits per heavy atom. The van der Waals surface area contributed by atoms with Gasteiger partial charge in [0.2, 0.25) is 0 Å². The number of aromatic amines is 1. The second kappa shape index (κ2) is 3.66. The van der Waals surface area contributed by atoms with Crippen LogP contribution in [0.4, 0.5) is 5.69 Å². The molecule has 0 saturated heterocycles. The number of hydrogen-bond donors (Lipinski definition) is 3. The number of nitrogens with zero attached hydrogens (tertiary/aromatic N) is 1. The fourth-order valence-corrected chi connectivity index (χ4v) is 1.98. The molecule has 0 radical (unpaired) electrons. The molecule has 5 nitrogen and oxygen atoms in total. The Kier molecular flexibility index (Phi) is 2.13. The highest BCUT2D eigenvalue weighted by atomic mass is 16.3. The minimum Gasteiger partial charge on any atom is -0.508 e. The third-order valence-corrected chi connectivity index (χ3v) is 2.82. The molecule has 0 spiro atoms. The molecule has 3 aromatic rings. The number of phenols is 1. The number of nitrogens with two attached hydrogens (primary N) is 1. The van der Waals surface area contributed by atoms with Crippen LogP contribution in [0.5, 0.6) is 5.75 Å². The fourth-order valence-electron chi connectivity index (χ4n) is 1.98. The number of aromatic nitrogens is 2. The second-order valence-corrected chi connectivity index (χ2v) is 4.06. The molecule has 0 saturated carbocycles. The van der Waals surface area contributed by atoms with Gasteiger partial charge in [0.25, 0.3) is 0 Å². The van der Waals surface area contributed by atoms with E-state index in [0.29, 0.717) is 16.9 Å². The Labute approximate surface area is 102 Å². The molecule has 0 amide bonds. The molecule has 1 aromatic heterocycles. The van der Waals surface area contributed by atoms with Crippen molar-refractivity contribution in [3.63, 3.8) is 0 Å². The van der Waals surface area contributed by atoms with Crippen molar-refractivity contribution in [3.8, 4) is 11.4 Å². The third kappa shape index (κ3) is 1.53. The lowest BCUT2D eigenvalue weighted by molar-refractivity contribution is 0.475. The predicted molar refractivity (Wildman–Crippen MR) is 70.0 cm³/mol. The van der Waals surface area contributed by atoms with E-state index >= 15 is 0 Å². The summed E-state index contributed by atoms with van der Waals surface area (Å²) in [6.07, 6.45) is 0. The van der Waals surface area contributed by atoms with Gasteiger partial charge in [-0.25, -0.2) is 4.79 Å². The van der Waals surface area contributed by atoms with Gasteiger partial charge in [-0.1, -0.05) is 0 Å². The first-order valence-corrected chi connectivity index (χ1v) is 5.45. The van der Waals surface area contributed by atoms with Crippen molar-refractivity contribution < 1.29 is 5.11 Å². The number of hydrogen-bond acceptors (Lipinski definition) is 3. The van der Waals surface area contributed by atoms with E-state index in [1.807, 2.05) is 0 Å². The van der Waals surface area contributed by atoms with Crippen molar-refractivity contribution in [3.05, 3.63) is 52.9 Å². The summed E-state index contributed by atoms with van der Waals surface area (Å²) in [5.41, 5.74) is 8.21. The van der Waals surface area contributed by atoms with E-state index in [1.165, 1.54) is 16.7 Å². The van der Waals surface area contributed by atoms with Crippen LogP contribution in [0, 0.1) is 0 Å². The number of H-pyrrole nitrogens is 1. The summed E-state index contributed by atoms with van der Waals surface area (Å²) in [5.74, 6) is 0.158. The van der Waals surface area contributed by atoms with E-state index in [1.54, 1.807) is 30.3 Å². The minimum absolute atomic E-state index is 0.158. The quantitative estimate of drug-likeness (QED) is 0.566. The number of imidazole rings is 1.